The van der Waals surface area contributed by atoms with Gasteiger partial charge in [0.15, 0.2) is 0 Å². The Morgan fingerprint density at radius 3 is 2.52 bits per heavy atom. The molecule has 10 heteroatoms. The quantitative estimate of drug-likeness (QED) is 0.608. The van der Waals surface area contributed by atoms with Gasteiger partial charge in [-0.1, -0.05) is 28.4 Å². The fourth-order valence-electron chi connectivity index (χ4n) is 1.71. The Kier molecular flexibility index (Phi) is 5.04. The van der Waals surface area contributed by atoms with Gasteiger partial charge in [0.05, 0.1) is 16.2 Å². The van der Waals surface area contributed by atoms with Gasteiger partial charge in [0.1, 0.15) is 4.90 Å². The molecule has 0 aliphatic heterocycles. The monoisotopic (exact) mass is 349 g/mol. The van der Waals surface area contributed by atoms with Crippen molar-refractivity contribution in [3.05, 3.63) is 34.6 Å². The SMILES string of the molecule is Nc1cc(Cl)c(S(=O)(=O)NCCCn2ccnn2)c(Cl)c1. The van der Waals surface area contributed by atoms with E-state index in [-0.39, 0.29) is 21.5 Å². The molecule has 2 rings (SSSR count). The number of hydrogen-bond acceptors (Lipinski definition) is 5. The Morgan fingerprint density at radius 1 is 1.29 bits per heavy atom. The molecule has 0 fully saturated rings. The lowest BCUT2D eigenvalue weighted by molar-refractivity contribution is 0.542. The van der Waals surface area contributed by atoms with Crippen LogP contribution in [0.15, 0.2) is 29.4 Å². The van der Waals surface area contributed by atoms with Gasteiger partial charge in [-0.05, 0) is 18.6 Å². The zero-order valence-corrected chi connectivity index (χ0v) is 13.2. The molecule has 0 saturated carbocycles. The van der Waals surface area contributed by atoms with E-state index < -0.39 is 10.0 Å². The van der Waals surface area contributed by atoms with E-state index in [0.717, 1.165) is 0 Å². The van der Waals surface area contributed by atoms with Crippen molar-refractivity contribution in [1.29, 1.82) is 0 Å². The molecule has 1 aromatic heterocycles. The molecule has 114 valence electrons. The minimum absolute atomic E-state index is 0.0104. The number of benzene rings is 1. The number of aromatic nitrogens is 3. The number of halogens is 2. The van der Waals surface area contributed by atoms with Crippen LogP contribution in [-0.2, 0) is 16.6 Å². The Hall–Kier alpha value is -1.35. The standard InChI is InChI=1S/C11H13Cl2N5O2S/c12-9-6-8(14)7-10(13)11(9)21(19,20)16-2-1-4-18-5-3-15-17-18/h3,5-7,16H,1-2,4,14H2. The second kappa shape index (κ2) is 6.61. The summed E-state index contributed by atoms with van der Waals surface area (Å²) in [5.74, 6) is 0. The van der Waals surface area contributed by atoms with Gasteiger partial charge in [0.2, 0.25) is 10.0 Å². The van der Waals surface area contributed by atoms with Gasteiger partial charge >= 0.3 is 0 Å². The predicted molar refractivity (Wildman–Crippen MR) is 80.7 cm³/mol. The van der Waals surface area contributed by atoms with Gasteiger partial charge < -0.3 is 5.73 Å². The number of hydrogen-bond donors (Lipinski definition) is 2. The molecule has 21 heavy (non-hydrogen) atoms. The average Bonchev–Trinajstić information content (AvgIpc) is 2.86. The summed E-state index contributed by atoms with van der Waals surface area (Å²) in [4.78, 5) is -0.166. The van der Waals surface area contributed by atoms with E-state index in [4.69, 9.17) is 28.9 Å². The molecule has 0 radical (unpaired) electrons. The van der Waals surface area contributed by atoms with E-state index in [1.807, 2.05) is 0 Å². The summed E-state index contributed by atoms with van der Waals surface area (Å²) in [6.07, 6.45) is 3.80. The normalized spacial score (nSPS) is 11.7. The van der Waals surface area contributed by atoms with Crippen molar-refractivity contribution in [3.63, 3.8) is 0 Å². The Labute approximate surface area is 132 Å². The number of nitrogens with one attached hydrogen (secondary N) is 1. The van der Waals surface area contributed by atoms with Crippen LogP contribution in [0.4, 0.5) is 5.69 Å². The molecule has 0 aliphatic rings. The van der Waals surface area contributed by atoms with Crippen molar-refractivity contribution in [2.45, 2.75) is 17.9 Å². The number of nitrogens with zero attached hydrogens (tertiary/aromatic N) is 3. The van der Waals surface area contributed by atoms with E-state index >= 15 is 0 Å². The largest absolute Gasteiger partial charge is 0.399 e. The fourth-order valence-corrected chi connectivity index (χ4v) is 4.01. The summed E-state index contributed by atoms with van der Waals surface area (Å²) in [6, 6.07) is 2.69. The first-order valence-corrected chi connectivity index (χ1v) is 8.22. The third kappa shape index (κ3) is 4.07. The second-order valence-corrected chi connectivity index (χ2v) is 6.75. The minimum atomic E-state index is -3.79. The van der Waals surface area contributed by atoms with E-state index in [2.05, 4.69) is 15.0 Å². The summed E-state index contributed by atoms with van der Waals surface area (Å²) >= 11 is 11.8. The van der Waals surface area contributed by atoms with Crippen LogP contribution in [0.2, 0.25) is 10.0 Å². The Balaban J connectivity index is 2.02. The van der Waals surface area contributed by atoms with E-state index in [1.165, 1.54) is 12.1 Å². The molecule has 0 aliphatic carbocycles. The van der Waals surface area contributed by atoms with Crippen molar-refractivity contribution in [1.82, 2.24) is 19.7 Å². The van der Waals surface area contributed by atoms with Crippen LogP contribution in [0.25, 0.3) is 0 Å². The van der Waals surface area contributed by atoms with Gasteiger partial charge in [0.25, 0.3) is 0 Å². The van der Waals surface area contributed by atoms with Crippen molar-refractivity contribution in [3.8, 4) is 0 Å². The third-order valence-corrected chi connectivity index (χ3v) is 5.00. The van der Waals surface area contributed by atoms with Crippen LogP contribution in [0.1, 0.15) is 6.42 Å². The first kappa shape index (κ1) is 16.0. The number of nitrogens with two attached hydrogens (primary N) is 1. The van der Waals surface area contributed by atoms with Crippen molar-refractivity contribution >= 4 is 38.9 Å². The van der Waals surface area contributed by atoms with Crippen molar-refractivity contribution in [2.75, 3.05) is 12.3 Å². The summed E-state index contributed by atoms with van der Waals surface area (Å²) < 4.78 is 28.4. The lowest BCUT2D eigenvalue weighted by Crippen LogP contribution is -2.26. The van der Waals surface area contributed by atoms with Crippen molar-refractivity contribution < 1.29 is 8.42 Å². The predicted octanol–water partition coefficient (Wildman–Crippen LogP) is 1.54. The smallest absolute Gasteiger partial charge is 0.243 e. The molecule has 0 amide bonds. The van der Waals surface area contributed by atoms with E-state index in [0.29, 0.717) is 18.7 Å². The highest BCUT2D eigenvalue weighted by atomic mass is 35.5. The van der Waals surface area contributed by atoms with E-state index in [1.54, 1.807) is 17.1 Å². The number of rotatable bonds is 6. The molecule has 0 unspecified atom stereocenters. The molecule has 3 N–H and O–H groups in total. The van der Waals surface area contributed by atoms with Gasteiger partial charge in [-0.25, -0.2) is 13.1 Å². The maximum atomic E-state index is 12.2. The van der Waals surface area contributed by atoms with Crippen LogP contribution < -0.4 is 10.5 Å². The van der Waals surface area contributed by atoms with E-state index in [9.17, 15) is 8.42 Å². The maximum absolute atomic E-state index is 12.2. The molecular formula is C11H13Cl2N5O2S. The fraction of sp³-hybridized carbons (Fsp3) is 0.273. The number of sulfonamides is 1. The maximum Gasteiger partial charge on any atom is 0.243 e. The lowest BCUT2D eigenvalue weighted by atomic mass is 10.3. The molecule has 1 aromatic carbocycles. The summed E-state index contributed by atoms with van der Waals surface area (Å²) in [5, 5.41) is 7.42. The first-order valence-electron chi connectivity index (χ1n) is 5.98. The lowest BCUT2D eigenvalue weighted by Gasteiger charge is -2.10. The molecule has 1 heterocycles. The van der Waals surface area contributed by atoms with Crippen LogP contribution in [0.5, 0.6) is 0 Å². The highest BCUT2D eigenvalue weighted by Gasteiger charge is 2.21. The van der Waals surface area contributed by atoms with Gasteiger partial charge in [-0.2, -0.15) is 0 Å². The number of aryl methyl sites for hydroxylation is 1. The van der Waals surface area contributed by atoms with Crippen molar-refractivity contribution in [2.24, 2.45) is 0 Å². The molecule has 0 atom stereocenters. The zero-order valence-electron chi connectivity index (χ0n) is 10.8. The first-order chi connectivity index (χ1) is 9.90. The Bertz CT molecular complexity index is 695. The van der Waals surface area contributed by atoms with Gasteiger partial charge in [-0.15, -0.1) is 5.10 Å². The molecule has 7 nitrogen and oxygen atoms in total. The summed E-state index contributed by atoms with van der Waals surface area (Å²) in [6.45, 7) is 0.769. The summed E-state index contributed by atoms with van der Waals surface area (Å²) in [5.41, 5.74) is 5.85. The molecule has 0 saturated heterocycles. The third-order valence-electron chi connectivity index (χ3n) is 2.62. The highest BCUT2D eigenvalue weighted by molar-refractivity contribution is 7.89. The zero-order chi connectivity index (χ0) is 15.5. The Morgan fingerprint density at radius 2 is 1.95 bits per heavy atom. The second-order valence-electron chi connectivity index (χ2n) is 4.23. The number of nitrogen functional groups attached to an aromatic ring is 1. The molecular weight excluding hydrogens is 337 g/mol. The topological polar surface area (TPSA) is 103 Å². The van der Waals surface area contributed by atoms with Crippen LogP contribution >= 0.6 is 23.2 Å². The molecule has 2 aromatic rings. The van der Waals surface area contributed by atoms with Crippen LogP contribution in [-0.4, -0.2) is 30.0 Å². The minimum Gasteiger partial charge on any atom is -0.399 e. The van der Waals surface area contributed by atoms with Gasteiger partial charge in [0, 0.05) is 25.0 Å². The average molecular weight is 350 g/mol. The van der Waals surface area contributed by atoms with Crippen LogP contribution in [0.3, 0.4) is 0 Å². The highest BCUT2D eigenvalue weighted by Crippen LogP contribution is 2.31. The molecule has 0 spiro atoms. The molecule has 0 bridgehead atoms. The number of anilines is 1. The summed E-state index contributed by atoms with van der Waals surface area (Å²) in [7, 11) is -3.79. The van der Waals surface area contributed by atoms with Crippen LogP contribution in [0, 0.1) is 0 Å². The van der Waals surface area contributed by atoms with Gasteiger partial charge in [-0.3, -0.25) is 4.68 Å².